The van der Waals surface area contributed by atoms with E-state index in [1.165, 1.54) is 12.3 Å². The summed E-state index contributed by atoms with van der Waals surface area (Å²) in [6, 6.07) is 15.1. The van der Waals surface area contributed by atoms with Crippen LogP contribution in [-0.2, 0) is 17.5 Å². The monoisotopic (exact) mass is 414 g/mol. The zero-order chi connectivity index (χ0) is 21.0. The third kappa shape index (κ3) is 4.94. The van der Waals surface area contributed by atoms with Gasteiger partial charge in [-0.15, -0.1) is 5.10 Å². The Balaban J connectivity index is 1.39. The first-order chi connectivity index (χ1) is 14.5. The van der Waals surface area contributed by atoms with E-state index in [1.54, 1.807) is 6.07 Å². The van der Waals surface area contributed by atoms with Crippen LogP contribution in [0.3, 0.4) is 0 Å². The van der Waals surface area contributed by atoms with Gasteiger partial charge in [-0.1, -0.05) is 42.5 Å². The van der Waals surface area contributed by atoms with Crippen molar-refractivity contribution in [3.8, 4) is 11.3 Å². The van der Waals surface area contributed by atoms with Gasteiger partial charge >= 0.3 is 6.18 Å². The predicted octanol–water partition coefficient (Wildman–Crippen LogP) is 4.74. The van der Waals surface area contributed by atoms with E-state index in [4.69, 9.17) is 4.74 Å². The van der Waals surface area contributed by atoms with Gasteiger partial charge in [-0.25, -0.2) is 4.98 Å². The first-order valence-corrected chi connectivity index (χ1v) is 9.77. The Kier molecular flexibility index (Phi) is 5.94. The number of benzene rings is 2. The molecule has 0 unspecified atom stereocenters. The lowest BCUT2D eigenvalue weighted by Crippen LogP contribution is -2.38. The predicted molar refractivity (Wildman–Crippen MR) is 107 cm³/mol. The number of hydrogen-bond acceptors (Lipinski definition) is 5. The highest BCUT2D eigenvalue weighted by Gasteiger charge is 2.30. The number of ether oxygens (including phenoxy) is 1. The molecule has 4 rings (SSSR count). The van der Waals surface area contributed by atoms with Crippen molar-refractivity contribution in [2.45, 2.75) is 31.7 Å². The SMILES string of the molecule is FC(F)(F)c1cccc(-c2cnnc(N3CCC(OCc4ccccc4)CC3)n2)c1. The largest absolute Gasteiger partial charge is 0.416 e. The van der Waals surface area contributed by atoms with Crippen molar-refractivity contribution in [2.75, 3.05) is 18.0 Å². The molecule has 1 aromatic heterocycles. The van der Waals surface area contributed by atoms with E-state index in [-0.39, 0.29) is 6.10 Å². The number of anilines is 1. The molecule has 0 radical (unpaired) electrons. The molecule has 0 bridgehead atoms. The Hall–Kier alpha value is -3.00. The second kappa shape index (κ2) is 8.79. The summed E-state index contributed by atoms with van der Waals surface area (Å²) in [4.78, 5) is 6.45. The quantitative estimate of drug-likeness (QED) is 0.604. The van der Waals surface area contributed by atoms with Gasteiger partial charge in [0.25, 0.3) is 0 Å². The summed E-state index contributed by atoms with van der Waals surface area (Å²) in [6.07, 6.45) is -1.22. The van der Waals surface area contributed by atoms with Crippen LogP contribution in [0.2, 0.25) is 0 Å². The van der Waals surface area contributed by atoms with Gasteiger partial charge in [0.2, 0.25) is 5.95 Å². The first kappa shape index (κ1) is 20.3. The van der Waals surface area contributed by atoms with Crippen LogP contribution < -0.4 is 4.90 Å². The average Bonchev–Trinajstić information content (AvgIpc) is 2.78. The molecule has 1 aliphatic heterocycles. The summed E-state index contributed by atoms with van der Waals surface area (Å²) in [5.41, 5.74) is 1.16. The molecule has 3 aromatic rings. The van der Waals surface area contributed by atoms with Gasteiger partial charge in [0.15, 0.2) is 0 Å². The fourth-order valence-corrected chi connectivity index (χ4v) is 3.43. The minimum absolute atomic E-state index is 0.154. The van der Waals surface area contributed by atoms with Crippen molar-refractivity contribution in [3.63, 3.8) is 0 Å². The minimum Gasteiger partial charge on any atom is -0.373 e. The third-order valence-electron chi connectivity index (χ3n) is 5.09. The standard InChI is InChI=1S/C22H21F3N4O/c23-22(24,25)18-8-4-7-17(13-18)20-14-26-28-21(27-20)29-11-9-19(10-12-29)30-15-16-5-2-1-3-6-16/h1-8,13-14,19H,9-12,15H2. The highest BCUT2D eigenvalue weighted by molar-refractivity contribution is 5.60. The Labute approximate surface area is 172 Å². The van der Waals surface area contributed by atoms with Crippen LogP contribution in [0.5, 0.6) is 0 Å². The number of piperidine rings is 1. The van der Waals surface area contributed by atoms with E-state index in [9.17, 15) is 13.2 Å². The van der Waals surface area contributed by atoms with Crippen molar-refractivity contribution in [1.82, 2.24) is 15.2 Å². The highest BCUT2D eigenvalue weighted by atomic mass is 19.4. The van der Waals surface area contributed by atoms with Crippen molar-refractivity contribution in [2.24, 2.45) is 0 Å². The van der Waals surface area contributed by atoms with Crippen molar-refractivity contribution in [3.05, 3.63) is 71.9 Å². The molecule has 8 heteroatoms. The summed E-state index contributed by atoms with van der Waals surface area (Å²) < 4.78 is 45.0. The lowest BCUT2D eigenvalue weighted by molar-refractivity contribution is -0.137. The van der Waals surface area contributed by atoms with Crippen molar-refractivity contribution >= 4 is 5.95 Å². The fraction of sp³-hybridized carbons (Fsp3) is 0.318. The van der Waals surface area contributed by atoms with Gasteiger partial charge < -0.3 is 9.64 Å². The zero-order valence-corrected chi connectivity index (χ0v) is 16.2. The second-order valence-electron chi connectivity index (χ2n) is 7.20. The number of aromatic nitrogens is 3. The van der Waals surface area contributed by atoms with Crippen LogP contribution >= 0.6 is 0 Å². The van der Waals surface area contributed by atoms with E-state index in [0.29, 0.717) is 36.9 Å². The Morgan fingerprint density at radius 1 is 1.00 bits per heavy atom. The van der Waals surface area contributed by atoms with E-state index in [0.717, 1.165) is 30.5 Å². The third-order valence-corrected chi connectivity index (χ3v) is 5.09. The lowest BCUT2D eigenvalue weighted by atomic mass is 10.1. The highest BCUT2D eigenvalue weighted by Crippen LogP contribution is 2.32. The maximum Gasteiger partial charge on any atom is 0.416 e. The molecule has 0 N–H and O–H groups in total. The van der Waals surface area contributed by atoms with Crippen LogP contribution in [0, 0.1) is 0 Å². The van der Waals surface area contributed by atoms with Gasteiger partial charge in [0, 0.05) is 18.7 Å². The lowest BCUT2D eigenvalue weighted by Gasteiger charge is -2.31. The molecular weight excluding hydrogens is 393 g/mol. The maximum atomic E-state index is 13.0. The number of rotatable bonds is 5. The summed E-state index contributed by atoms with van der Waals surface area (Å²) in [7, 11) is 0. The summed E-state index contributed by atoms with van der Waals surface area (Å²) >= 11 is 0. The Bertz CT molecular complexity index is 973. The van der Waals surface area contributed by atoms with E-state index in [2.05, 4.69) is 15.2 Å². The summed E-state index contributed by atoms with van der Waals surface area (Å²) in [5.74, 6) is 0.423. The summed E-state index contributed by atoms with van der Waals surface area (Å²) in [6.45, 7) is 1.98. The van der Waals surface area contributed by atoms with E-state index < -0.39 is 11.7 Å². The zero-order valence-electron chi connectivity index (χ0n) is 16.2. The molecule has 5 nitrogen and oxygen atoms in total. The van der Waals surface area contributed by atoms with E-state index >= 15 is 0 Å². The topological polar surface area (TPSA) is 51.1 Å². The van der Waals surface area contributed by atoms with Crippen LogP contribution in [0.4, 0.5) is 19.1 Å². The molecule has 2 aromatic carbocycles. The molecule has 0 saturated carbocycles. The molecule has 156 valence electrons. The fourth-order valence-electron chi connectivity index (χ4n) is 3.43. The molecule has 1 fully saturated rings. The second-order valence-corrected chi connectivity index (χ2v) is 7.20. The van der Waals surface area contributed by atoms with E-state index in [1.807, 2.05) is 35.2 Å². The average molecular weight is 414 g/mol. The number of nitrogens with zero attached hydrogens (tertiary/aromatic N) is 4. The number of halogens is 3. The summed E-state index contributed by atoms with van der Waals surface area (Å²) in [5, 5.41) is 8.04. The molecule has 30 heavy (non-hydrogen) atoms. The Morgan fingerprint density at radius 2 is 1.77 bits per heavy atom. The Morgan fingerprint density at radius 3 is 2.50 bits per heavy atom. The normalized spacial score (nSPS) is 15.4. The van der Waals surface area contributed by atoms with Crippen molar-refractivity contribution < 1.29 is 17.9 Å². The molecule has 2 heterocycles. The number of alkyl halides is 3. The van der Waals surface area contributed by atoms with Crippen molar-refractivity contribution in [1.29, 1.82) is 0 Å². The van der Waals surface area contributed by atoms with Gasteiger partial charge in [-0.2, -0.15) is 18.3 Å². The van der Waals surface area contributed by atoms with Gasteiger partial charge in [0.05, 0.1) is 30.2 Å². The van der Waals surface area contributed by atoms with Crippen LogP contribution in [-0.4, -0.2) is 34.4 Å². The first-order valence-electron chi connectivity index (χ1n) is 9.77. The smallest absolute Gasteiger partial charge is 0.373 e. The van der Waals surface area contributed by atoms with Gasteiger partial charge in [-0.3, -0.25) is 0 Å². The molecule has 0 amide bonds. The molecule has 1 aliphatic rings. The molecule has 1 saturated heterocycles. The molecule has 0 spiro atoms. The van der Waals surface area contributed by atoms with Gasteiger partial charge in [-0.05, 0) is 30.5 Å². The molecular formula is C22H21F3N4O. The maximum absolute atomic E-state index is 13.0. The molecule has 0 aliphatic carbocycles. The number of hydrogen-bond donors (Lipinski definition) is 0. The minimum atomic E-state index is -4.40. The van der Waals surface area contributed by atoms with Gasteiger partial charge in [0.1, 0.15) is 0 Å². The van der Waals surface area contributed by atoms with Crippen LogP contribution in [0.25, 0.3) is 11.3 Å². The molecule has 0 atom stereocenters. The van der Waals surface area contributed by atoms with Crippen LogP contribution in [0.15, 0.2) is 60.8 Å². The van der Waals surface area contributed by atoms with Crippen LogP contribution in [0.1, 0.15) is 24.0 Å².